The van der Waals surface area contributed by atoms with Gasteiger partial charge >= 0.3 is 5.97 Å². The van der Waals surface area contributed by atoms with Gasteiger partial charge in [0.2, 0.25) is 5.78 Å². The van der Waals surface area contributed by atoms with E-state index in [4.69, 9.17) is 14.2 Å². The first-order valence-electron chi connectivity index (χ1n) is 10.2. The molecule has 2 heterocycles. The maximum Gasteiger partial charge on any atom is 0.340 e. The molecule has 2 aromatic heterocycles. The van der Waals surface area contributed by atoms with E-state index in [-0.39, 0.29) is 29.2 Å². The van der Waals surface area contributed by atoms with Gasteiger partial charge in [-0.25, -0.2) is 14.2 Å². The third kappa shape index (κ3) is 4.15. The van der Waals surface area contributed by atoms with E-state index < -0.39 is 11.8 Å². The van der Waals surface area contributed by atoms with Crippen molar-refractivity contribution in [3.63, 3.8) is 0 Å². The molecule has 7 nitrogen and oxygen atoms in total. The molecule has 4 rings (SSSR count). The Labute approximate surface area is 189 Å². The second-order valence-corrected chi connectivity index (χ2v) is 7.10. The summed E-state index contributed by atoms with van der Waals surface area (Å²) in [5, 5.41) is 0. The predicted octanol–water partition coefficient (Wildman–Crippen LogP) is 4.57. The third-order valence-electron chi connectivity index (χ3n) is 5.18. The van der Waals surface area contributed by atoms with Gasteiger partial charge in [-0.05, 0) is 61.5 Å². The number of carbonyl (C=O) groups excluding carboxylic acids is 2. The molecule has 0 unspecified atom stereocenters. The summed E-state index contributed by atoms with van der Waals surface area (Å²) >= 11 is 0. The van der Waals surface area contributed by atoms with Crippen LogP contribution in [-0.2, 0) is 4.74 Å². The minimum absolute atomic E-state index is 0.186. The number of fused-ring (bicyclic) bond motifs is 1. The van der Waals surface area contributed by atoms with Gasteiger partial charge in [0, 0.05) is 11.1 Å². The number of nitrogens with zero attached hydrogens (tertiary/aromatic N) is 2. The van der Waals surface area contributed by atoms with Crippen LogP contribution in [0.15, 0.2) is 60.9 Å². The van der Waals surface area contributed by atoms with Crippen molar-refractivity contribution in [2.75, 3.05) is 20.8 Å². The van der Waals surface area contributed by atoms with Gasteiger partial charge in [-0.1, -0.05) is 0 Å². The first-order valence-corrected chi connectivity index (χ1v) is 10.2. The zero-order valence-electron chi connectivity index (χ0n) is 18.3. The molecule has 0 atom stereocenters. The molecule has 0 N–H and O–H groups in total. The van der Waals surface area contributed by atoms with E-state index in [1.165, 1.54) is 48.2 Å². The second kappa shape index (κ2) is 9.12. The van der Waals surface area contributed by atoms with Crippen LogP contribution in [0.5, 0.6) is 11.5 Å². The summed E-state index contributed by atoms with van der Waals surface area (Å²) in [7, 11) is 3.09. The van der Waals surface area contributed by atoms with Crippen LogP contribution in [0.2, 0.25) is 0 Å². The molecule has 8 heteroatoms. The number of aromatic nitrogens is 2. The molecule has 33 heavy (non-hydrogen) atoms. The van der Waals surface area contributed by atoms with Crippen LogP contribution < -0.4 is 9.47 Å². The summed E-state index contributed by atoms with van der Waals surface area (Å²) in [6.45, 7) is 1.89. The number of benzene rings is 2. The Kier molecular flexibility index (Phi) is 6.08. The largest absolute Gasteiger partial charge is 0.493 e. The van der Waals surface area contributed by atoms with Crippen molar-refractivity contribution in [1.29, 1.82) is 0 Å². The van der Waals surface area contributed by atoms with Crippen molar-refractivity contribution in [3.8, 4) is 22.8 Å². The standard InChI is InChI=1S/C25H21FN2O5/c1-4-33-25(30)18-12-21(24(29)15-5-8-17(26)9-6-15)28-14-27-19(13-20(18)28)16-7-10-22(31-2)23(11-16)32-3/h5-14H,4H2,1-3H3. The predicted molar refractivity (Wildman–Crippen MR) is 120 cm³/mol. The lowest BCUT2D eigenvalue weighted by atomic mass is 10.1. The lowest BCUT2D eigenvalue weighted by Gasteiger charge is -2.10. The van der Waals surface area contributed by atoms with Crippen molar-refractivity contribution in [2.24, 2.45) is 0 Å². The highest BCUT2D eigenvalue weighted by atomic mass is 19.1. The summed E-state index contributed by atoms with van der Waals surface area (Å²) in [6, 6.07) is 13.7. The van der Waals surface area contributed by atoms with E-state index in [9.17, 15) is 14.0 Å². The zero-order chi connectivity index (χ0) is 23.5. The number of hydrogen-bond acceptors (Lipinski definition) is 6. The smallest absolute Gasteiger partial charge is 0.340 e. The number of ether oxygens (including phenoxy) is 3. The first kappa shape index (κ1) is 22.0. The van der Waals surface area contributed by atoms with Crippen LogP contribution in [0.3, 0.4) is 0 Å². The minimum Gasteiger partial charge on any atom is -0.493 e. The Morgan fingerprint density at radius 3 is 2.36 bits per heavy atom. The monoisotopic (exact) mass is 448 g/mol. The average Bonchev–Trinajstić information content (AvgIpc) is 3.22. The SMILES string of the molecule is CCOC(=O)c1cc(C(=O)c2ccc(F)cc2)n2cnc(-c3ccc(OC)c(OC)c3)cc12. The van der Waals surface area contributed by atoms with Gasteiger partial charge in [0.05, 0.1) is 43.3 Å². The zero-order valence-corrected chi connectivity index (χ0v) is 18.3. The minimum atomic E-state index is -0.558. The summed E-state index contributed by atoms with van der Waals surface area (Å²) in [6.07, 6.45) is 1.47. The molecule has 0 aliphatic rings. The summed E-state index contributed by atoms with van der Waals surface area (Å²) in [5.41, 5.74) is 2.48. The molecule has 0 spiro atoms. The Balaban J connectivity index is 1.86. The number of carbonyl (C=O) groups is 2. The van der Waals surface area contributed by atoms with Crippen molar-refractivity contribution in [1.82, 2.24) is 9.38 Å². The Bertz CT molecular complexity index is 1350. The van der Waals surface area contributed by atoms with Crippen LogP contribution >= 0.6 is 0 Å². The molecule has 2 aromatic carbocycles. The number of rotatable bonds is 7. The van der Waals surface area contributed by atoms with Crippen LogP contribution in [-0.4, -0.2) is 42.0 Å². The lowest BCUT2D eigenvalue weighted by molar-refractivity contribution is 0.0529. The Morgan fingerprint density at radius 2 is 1.70 bits per heavy atom. The molecule has 0 saturated heterocycles. The van der Waals surface area contributed by atoms with Gasteiger partial charge in [-0.3, -0.25) is 9.20 Å². The van der Waals surface area contributed by atoms with Crippen LogP contribution in [0.4, 0.5) is 4.39 Å². The van der Waals surface area contributed by atoms with Crippen molar-refractivity contribution in [2.45, 2.75) is 6.92 Å². The highest BCUT2D eigenvalue weighted by Gasteiger charge is 2.22. The third-order valence-corrected chi connectivity index (χ3v) is 5.18. The van der Waals surface area contributed by atoms with E-state index >= 15 is 0 Å². The quantitative estimate of drug-likeness (QED) is 0.305. The van der Waals surface area contributed by atoms with Crippen LogP contribution in [0, 0.1) is 5.82 Å². The highest BCUT2D eigenvalue weighted by molar-refractivity contribution is 6.11. The highest BCUT2D eigenvalue weighted by Crippen LogP contribution is 2.32. The number of halogens is 1. The topological polar surface area (TPSA) is 79.1 Å². The number of ketones is 1. The van der Waals surface area contributed by atoms with Gasteiger partial charge in [0.1, 0.15) is 12.1 Å². The molecule has 0 radical (unpaired) electrons. The van der Waals surface area contributed by atoms with Gasteiger partial charge in [0.25, 0.3) is 0 Å². The molecule has 4 aromatic rings. The Morgan fingerprint density at radius 1 is 0.970 bits per heavy atom. The van der Waals surface area contributed by atoms with E-state index in [1.54, 1.807) is 32.2 Å². The summed E-state index contributed by atoms with van der Waals surface area (Å²) in [5.74, 6) is -0.270. The summed E-state index contributed by atoms with van der Waals surface area (Å²) < 4.78 is 30.7. The van der Waals surface area contributed by atoms with Gasteiger partial charge in [-0.2, -0.15) is 0 Å². The number of hydrogen-bond donors (Lipinski definition) is 0. The molecular weight excluding hydrogens is 427 g/mol. The van der Waals surface area contributed by atoms with Crippen molar-refractivity contribution < 1.29 is 28.2 Å². The van der Waals surface area contributed by atoms with Crippen molar-refractivity contribution in [3.05, 3.63) is 83.6 Å². The molecule has 0 aliphatic heterocycles. The van der Waals surface area contributed by atoms with Gasteiger partial charge in [0.15, 0.2) is 11.5 Å². The molecule has 0 amide bonds. The number of esters is 1. The van der Waals surface area contributed by atoms with Gasteiger partial charge in [-0.15, -0.1) is 0 Å². The van der Waals surface area contributed by atoms with E-state index in [2.05, 4.69) is 4.98 Å². The second-order valence-electron chi connectivity index (χ2n) is 7.10. The molecule has 0 saturated carbocycles. The van der Waals surface area contributed by atoms with Crippen LogP contribution in [0.25, 0.3) is 16.8 Å². The normalized spacial score (nSPS) is 10.8. The van der Waals surface area contributed by atoms with E-state index in [1.807, 2.05) is 6.07 Å². The molecule has 0 aliphatic carbocycles. The lowest BCUT2D eigenvalue weighted by Crippen LogP contribution is -2.05. The fourth-order valence-electron chi connectivity index (χ4n) is 3.55. The molecule has 0 fully saturated rings. The molecule has 0 bridgehead atoms. The maximum absolute atomic E-state index is 13.3. The number of methoxy groups -OCH3 is 2. The molecular formula is C25H21FN2O5. The van der Waals surface area contributed by atoms with Crippen LogP contribution in [0.1, 0.15) is 33.3 Å². The fourth-order valence-corrected chi connectivity index (χ4v) is 3.55. The first-order chi connectivity index (χ1) is 16.0. The van der Waals surface area contributed by atoms with Gasteiger partial charge < -0.3 is 14.2 Å². The van der Waals surface area contributed by atoms with E-state index in [0.717, 1.165) is 5.56 Å². The maximum atomic E-state index is 13.3. The van der Waals surface area contributed by atoms with Crippen molar-refractivity contribution >= 4 is 17.3 Å². The fraction of sp³-hybridized carbons (Fsp3) is 0.160. The molecule has 168 valence electrons. The average molecular weight is 448 g/mol. The Hall–Kier alpha value is -4.20. The summed E-state index contributed by atoms with van der Waals surface area (Å²) in [4.78, 5) is 30.3. The van der Waals surface area contributed by atoms with E-state index in [0.29, 0.717) is 22.7 Å².